The molecule has 3 rings (SSSR count). The summed E-state index contributed by atoms with van der Waals surface area (Å²) in [6.45, 7) is 20.4. The quantitative estimate of drug-likeness (QED) is 0.295. The van der Waals surface area contributed by atoms with Crippen LogP contribution in [0.2, 0.25) is 0 Å². The summed E-state index contributed by atoms with van der Waals surface area (Å²) in [5, 5.41) is 11.3. The van der Waals surface area contributed by atoms with E-state index in [2.05, 4.69) is 59.5 Å². The van der Waals surface area contributed by atoms with Crippen molar-refractivity contribution < 1.29 is 4.39 Å². The Morgan fingerprint density at radius 1 is 1.17 bits per heavy atom. The smallest absolute Gasteiger partial charge is 0.118 e. The van der Waals surface area contributed by atoms with Crippen molar-refractivity contribution in [3.05, 3.63) is 71.5 Å². The maximum absolute atomic E-state index is 13.9. The number of nitrogens with zero attached hydrogens (tertiary/aromatic N) is 2. The molecule has 35 heavy (non-hydrogen) atoms. The van der Waals surface area contributed by atoms with Gasteiger partial charge in [0.25, 0.3) is 0 Å². The van der Waals surface area contributed by atoms with E-state index in [1.807, 2.05) is 6.08 Å². The Balaban J connectivity index is 1.40. The highest BCUT2D eigenvalue weighted by Crippen LogP contribution is 2.26. The summed E-state index contributed by atoms with van der Waals surface area (Å²) in [6.07, 6.45) is 7.56. The van der Waals surface area contributed by atoms with Crippen molar-refractivity contribution in [2.75, 3.05) is 39.3 Å². The second-order valence-electron chi connectivity index (χ2n) is 11.3. The fraction of sp³-hybridized carbons (Fsp3) is 0.567. The van der Waals surface area contributed by atoms with E-state index in [0.717, 1.165) is 81.8 Å². The molecule has 4 nitrogen and oxygen atoms in total. The molecule has 1 unspecified atom stereocenters. The predicted octanol–water partition coefficient (Wildman–Crippen LogP) is 5.77. The maximum Gasteiger partial charge on any atom is 0.118 e. The third kappa shape index (κ3) is 9.05. The average molecular weight is 481 g/mol. The van der Waals surface area contributed by atoms with E-state index in [1.54, 1.807) is 13.8 Å². The molecule has 0 saturated carbocycles. The van der Waals surface area contributed by atoms with Crippen molar-refractivity contribution in [2.45, 2.75) is 58.7 Å². The zero-order valence-electron chi connectivity index (χ0n) is 22.1. The first-order valence-electron chi connectivity index (χ1n) is 13.2. The molecule has 0 bridgehead atoms. The first-order valence-corrected chi connectivity index (χ1v) is 13.2. The monoisotopic (exact) mass is 480 g/mol. The summed E-state index contributed by atoms with van der Waals surface area (Å²) in [5.41, 5.74) is 4.42. The van der Waals surface area contributed by atoms with Crippen molar-refractivity contribution in [3.63, 3.8) is 0 Å². The van der Waals surface area contributed by atoms with Crippen molar-refractivity contribution in [3.8, 4) is 0 Å². The standard InChI is InChI=1S/C30H45FN4/c1-23(16-26-10-13-34(14-11-26)22-30(4,5)31)17-29(18-32)25(3)33-19-24(2)20-35-15-12-27-8-6-7-9-28(27)21-35/h6-9,17-18,24,26,32-33H,1,3,10-16,19-22H2,2,4-5H3/b29-17+,32-18?. The van der Waals surface area contributed by atoms with Crippen molar-refractivity contribution in [1.29, 1.82) is 5.41 Å². The molecule has 0 amide bonds. The zero-order chi connectivity index (χ0) is 25.4. The van der Waals surface area contributed by atoms with Crippen LogP contribution in [0.25, 0.3) is 0 Å². The van der Waals surface area contributed by atoms with Gasteiger partial charge >= 0.3 is 0 Å². The van der Waals surface area contributed by atoms with Gasteiger partial charge in [-0.2, -0.15) is 0 Å². The van der Waals surface area contributed by atoms with Gasteiger partial charge < -0.3 is 15.6 Å². The van der Waals surface area contributed by atoms with Crippen LogP contribution in [0.15, 0.2) is 60.3 Å². The van der Waals surface area contributed by atoms with Crippen LogP contribution < -0.4 is 5.32 Å². The number of piperidine rings is 1. The van der Waals surface area contributed by atoms with Crippen molar-refractivity contribution >= 4 is 6.21 Å². The lowest BCUT2D eigenvalue weighted by atomic mass is 9.89. The SMILES string of the molecule is C=C(/C=C(\C=N)C(=C)NCC(C)CN1CCc2ccccc2C1)CC1CCN(CC(C)(C)F)CC1. The minimum absolute atomic E-state index is 0.478. The molecule has 1 aromatic carbocycles. The number of hydrogen-bond donors (Lipinski definition) is 2. The molecule has 1 atom stereocenters. The molecular weight excluding hydrogens is 435 g/mol. The molecule has 1 aromatic rings. The third-order valence-electron chi connectivity index (χ3n) is 7.16. The molecule has 0 aliphatic carbocycles. The summed E-state index contributed by atoms with van der Waals surface area (Å²) >= 11 is 0. The van der Waals surface area contributed by atoms with Crippen LogP contribution in [0, 0.1) is 17.2 Å². The molecule has 2 heterocycles. The van der Waals surface area contributed by atoms with Gasteiger partial charge in [0.1, 0.15) is 5.67 Å². The largest absolute Gasteiger partial charge is 0.385 e. The van der Waals surface area contributed by atoms with Crippen LogP contribution in [0.4, 0.5) is 4.39 Å². The minimum Gasteiger partial charge on any atom is -0.385 e. The van der Waals surface area contributed by atoms with E-state index in [-0.39, 0.29) is 0 Å². The van der Waals surface area contributed by atoms with E-state index in [1.165, 1.54) is 17.3 Å². The van der Waals surface area contributed by atoms with Gasteiger partial charge in [-0.25, -0.2) is 4.39 Å². The van der Waals surface area contributed by atoms with Crippen LogP contribution in [-0.4, -0.2) is 61.0 Å². The Kier molecular flexibility index (Phi) is 9.88. The van der Waals surface area contributed by atoms with Gasteiger partial charge in [-0.1, -0.05) is 49.9 Å². The number of alkyl halides is 1. The second kappa shape index (κ2) is 12.6. The van der Waals surface area contributed by atoms with Gasteiger partial charge in [-0.05, 0) is 81.7 Å². The second-order valence-corrected chi connectivity index (χ2v) is 11.3. The van der Waals surface area contributed by atoms with Crippen LogP contribution in [0.5, 0.6) is 0 Å². The Hall–Kier alpha value is -2.24. The van der Waals surface area contributed by atoms with E-state index in [0.29, 0.717) is 18.4 Å². The van der Waals surface area contributed by atoms with Crippen LogP contribution in [0.3, 0.4) is 0 Å². The Morgan fingerprint density at radius 3 is 2.51 bits per heavy atom. The maximum atomic E-state index is 13.9. The zero-order valence-corrected chi connectivity index (χ0v) is 22.1. The number of likely N-dealkylation sites (tertiary alicyclic amines) is 1. The van der Waals surface area contributed by atoms with E-state index < -0.39 is 5.67 Å². The fourth-order valence-corrected chi connectivity index (χ4v) is 5.36. The molecule has 0 aromatic heterocycles. The summed E-state index contributed by atoms with van der Waals surface area (Å²) in [4.78, 5) is 4.76. The molecule has 0 spiro atoms. The van der Waals surface area contributed by atoms with Crippen LogP contribution in [-0.2, 0) is 13.0 Å². The lowest BCUT2D eigenvalue weighted by molar-refractivity contribution is 0.0959. The number of fused-ring (bicyclic) bond motifs is 1. The Morgan fingerprint density at radius 2 is 1.86 bits per heavy atom. The molecule has 0 radical (unpaired) electrons. The molecule has 5 heteroatoms. The molecule has 1 saturated heterocycles. The number of hydrogen-bond acceptors (Lipinski definition) is 4. The fourth-order valence-electron chi connectivity index (χ4n) is 5.36. The summed E-state index contributed by atoms with van der Waals surface area (Å²) in [5.74, 6) is 1.05. The van der Waals surface area contributed by atoms with Gasteiger partial charge in [0.05, 0.1) is 0 Å². The molecule has 192 valence electrons. The number of nitrogens with one attached hydrogen (secondary N) is 2. The van der Waals surface area contributed by atoms with Crippen LogP contribution in [0.1, 0.15) is 51.2 Å². The van der Waals surface area contributed by atoms with Gasteiger partial charge in [0.15, 0.2) is 0 Å². The highest BCUT2D eigenvalue weighted by Gasteiger charge is 2.25. The third-order valence-corrected chi connectivity index (χ3v) is 7.16. The summed E-state index contributed by atoms with van der Waals surface area (Å²) in [7, 11) is 0. The van der Waals surface area contributed by atoms with E-state index in [9.17, 15) is 4.39 Å². The van der Waals surface area contributed by atoms with Gasteiger partial charge in [0.2, 0.25) is 0 Å². The molecule has 2 aliphatic heterocycles. The normalized spacial score (nSPS) is 19.1. The number of benzene rings is 1. The van der Waals surface area contributed by atoms with E-state index >= 15 is 0 Å². The molecule has 2 N–H and O–H groups in total. The minimum atomic E-state index is -1.14. The summed E-state index contributed by atoms with van der Waals surface area (Å²) < 4.78 is 13.9. The first-order chi connectivity index (χ1) is 16.6. The Labute approximate surface area is 212 Å². The first kappa shape index (κ1) is 27.3. The van der Waals surface area contributed by atoms with Crippen molar-refractivity contribution in [2.24, 2.45) is 11.8 Å². The predicted molar refractivity (Wildman–Crippen MR) is 147 cm³/mol. The molecular formula is C30H45FN4. The topological polar surface area (TPSA) is 42.4 Å². The molecule has 1 fully saturated rings. The lowest BCUT2D eigenvalue weighted by Crippen LogP contribution is -2.41. The number of halogens is 1. The highest BCUT2D eigenvalue weighted by molar-refractivity contribution is 5.82. The summed E-state index contributed by atoms with van der Waals surface area (Å²) in [6, 6.07) is 8.76. The van der Waals surface area contributed by atoms with Crippen molar-refractivity contribution in [1.82, 2.24) is 15.1 Å². The van der Waals surface area contributed by atoms with Gasteiger partial charge in [-0.15, -0.1) is 0 Å². The average Bonchev–Trinajstić information content (AvgIpc) is 2.81. The highest BCUT2D eigenvalue weighted by atomic mass is 19.1. The Bertz CT molecular complexity index is 905. The van der Waals surface area contributed by atoms with Gasteiger partial charge in [-0.3, -0.25) is 4.90 Å². The van der Waals surface area contributed by atoms with E-state index in [4.69, 9.17) is 5.41 Å². The lowest BCUT2D eigenvalue weighted by Gasteiger charge is -2.34. The van der Waals surface area contributed by atoms with Gasteiger partial charge in [0, 0.05) is 50.2 Å². The molecule has 2 aliphatic rings. The number of rotatable bonds is 12. The number of allylic oxidation sites excluding steroid dienone is 3. The van der Waals surface area contributed by atoms with Crippen LogP contribution >= 0.6 is 0 Å².